The van der Waals surface area contributed by atoms with Gasteiger partial charge >= 0.3 is 0 Å². The van der Waals surface area contributed by atoms with E-state index < -0.39 is 22.5 Å². The van der Waals surface area contributed by atoms with E-state index in [1.165, 1.54) is 34.1 Å². The number of carbonyl (C=O) groups excluding carboxylic acids is 2. The summed E-state index contributed by atoms with van der Waals surface area (Å²) in [6.07, 6.45) is 0. The van der Waals surface area contributed by atoms with Crippen molar-refractivity contribution < 1.29 is 23.3 Å². The Morgan fingerprint density at radius 3 is 1.89 bits per heavy atom. The quantitative estimate of drug-likeness (QED) is 0.527. The van der Waals surface area contributed by atoms with E-state index in [4.69, 9.17) is 0 Å². The average molecular weight is 454 g/mol. The van der Waals surface area contributed by atoms with Gasteiger partial charge in [0.15, 0.2) is 11.6 Å². The van der Waals surface area contributed by atoms with Gasteiger partial charge in [-0.15, -0.1) is 0 Å². The largest absolute Gasteiger partial charge is 0.335 e. The van der Waals surface area contributed by atoms with Crippen LogP contribution >= 0.6 is 15.9 Å². The first-order valence-corrected chi connectivity index (χ1v) is 9.05. The van der Waals surface area contributed by atoms with Crippen LogP contribution in [0.5, 0.6) is 0 Å². The van der Waals surface area contributed by atoms with E-state index in [0.717, 1.165) is 12.1 Å². The summed E-state index contributed by atoms with van der Waals surface area (Å²) >= 11 is 3.07. The van der Waals surface area contributed by atoms with Crippen LogP contribution in [0.4, 0.5) is 14.5 Å². The molecule has 2 amide bonds. The minimum atomic E-state index is -1.10. The van der Waals surface area contributed by atoms with Gasteiger partial charge in [0, 0.05) is 43.4 Å². The second-order valence-corrected chi connectivity index (χ2v) is 6.99. The Balaban J connectivity index is 1.67. The van der Waals surface area contributed by atoms with Crippen LogP contribution in [-0.4, -0.2) is 52.7 Å². The van der Waals surface area contributed by atoms with Crippen molar-refractivity contribution in [3.8, 4) is 0 Å². The number of nitrogens with zero attached hydrogens (tertiary/aromatic N) is 3. The molecule has 7 nitrogen and oxygen atoms in total. The molecule has 0 aliphatic carbocycles. The molecular weight excluding hydrogens is 440 g/mol. The lowest BCUT2D eigenvalue weighted by molar-refractivity contribution is -0.385. The van der Waals surface area contributed by atoms with Crippen molar-refractivity contribution in [1.82, 2.24) is 9.80 Å². The molecule has 0 radical (unpaired) electrons. The maximum atomic E-state index is 13.3. The molecular formula is C18H14BrF2N3O4. The highest BCUT2D eigenvalue weighted by Crippen LogP contribution is 2.26. The summed E-state index contributed by atoms with van der Waals surface area (Å²) in [5.41, 5.74) is -0.00417. The fourth-order valence-electron chi connectivity index (χ4n) is 2.89. The SMILES string of the molecule is O=C(c1ccc(F)c(F)c1)N1CCN(C(=O)c2ccc(Br)c([N+](=O)[O-])c2)CC1. The van der Waals surface area contributed by atoms with Gasteiger partial charge in [-0.05, 0) is 46.3 Å². The topological polar surface area (TPSA) is 83.8 Å². The van der Waals surface area contributed by atoms with Crippen molar-refractivity contribution >= 4 is 33.4 Å². The van der Waals surface area contributed by atoms with Gasteiger partial charge < -0.3 is 9.80 Å². The van der Waals surface area contributed by atoms with Crippen LogP contribution in [0.3, 0.4) is 0 Å². The molecule has 1 aliphatic rings. The van der Waals surface area contributed by atoms with Gasteiger partial charge in [0.2, 0.25) is 0 Å². The Bertz CT molecular complexity index is 962. The minimum Gasteiger partial charge on any atom is -0.335 e. The van der Waals surface area contributed by atoms with Crippen molar-refractivity contribution in [2.24, 2.45) is 0 Å². The van der Waals surface area contributed by atoms with Crippen LogP contribution in [0.2, 0.25) is 0 Å². The first-order chi connectivity index (χ1) is 13.3. The van der Waals surface area contributed by atoms with Gasteiger partial charge in [-0.3, -0.25) is 19.7 Å². The third kappa shape index (κ3) is 4.01. The monoisotopic (exact) mass is 453 g/mol. The zero-order valence-electron chi connectivity index (χ0n) is 14.4. The average Bonchev–Trinajstić information content (AvgIpc) is 2.69. The Morgan fingerprint density at radius 2 is 1.39 bits per heavy atom. The summed E-state index contributed by atoms with van der Waals surface area (Å²) in [5.74, 6) is -2.96. The number of amides is 2. The van der Waals surface area contributed by atoms with Crippen LogP contribution in [0.15, 0.2) is 40.9 Å². The summed E-state index contributed by atoms with van der Waals surface area (Å²) in [6.45, 7) is 0.862. The number of carbonyl (C=O) groups is 2. The third-order valence-corrected chi connectivity index (χ3v) is 5.08. The minimum absolute atomic E-state index is 0.0298. The number of hydrogen-bond donors (Lipinski definition) is 0. The summed E-state index contributed by atoms with van der Waals surface area (Å²) in [4.78, 5) is 38.4. The fraction of sp³-hybridized carbons (Fsp3) is 0.222. The summed E-state index contributed by atoms with van der Waals surface area (Å²) in [5, 5.41) is 11.0. The van der Waals surface area contributed by atoms with E-state index in [1.54, 1.807) is 0 Å². The predicted octanol–water partition coefficient (Wildman–Crippen LogP) is 3.23. The molecule has 0 unspecified atom stereocenters. The van der Waals surface area contributed by atoms with Crippen LogP contribution in [-0.2, 0) is 0 Å². The van der Waals surface area contributed by atoms with Crippen LogP contribution in [0.25, 0.3) is 0 Å². The maximum absolute atomic E-state index is 13.3. The van der Waals surface area contributed by atoms with E-state index in [2.05, 4.69) is 15.9 Å². The number of nitro benzene ring substituents is 1. The zero-order chi connectivity index (χ0) is 20.4. The van der Waals surface area contributed by atoms with Gasteiger partial charge in [0.1, 0.15) is 0 Å². The second-order valence-electron chi connectivity index (χ2n) is 6.14. The zero-order valence-corrected chi connectivity index (χ0v) is 16.0. The summed E-state index contributed by atoms with van der Waals surface area (Å²) < 4.78 is 26.6. The van der Waals surface area contributed by atoms with Gasteiger partial charge in [0.05, 0.1) is 9.40 Å². The summed E-state index contributed by atoms with van der Waals surface area (Å²) in [6, 6.07) is 7.07. The first-order valence-electron chi connectivity index (χ1n) is 8.25. The van der Waals surface area contributed by atoms with Crippen LogP contribution in [0.1, 0.15) is 20.7 Å². The van der Waals surface area contributed by atoms with Crippen molar-refractivity contribution in [1.29, 1.82) is 0 Å². The molecule has 10 heteroatoms. The summed E-state index contributed by atoms with van der Waals surface area (Å²) in [7, 11) is 0. The van der Waals surface area contributed by atoms with Crippen molar-refractivity contribution in [3.63, 3.8) is 0 Å². The van der Waals surface area contributed by atoms with Crippen LogP contribution < -0.4 is 0 Å². The molecule has 0 atom stereocenters. The van der Waals surface area contributed by atoms with Crippen molar-refractivity contribution in [2.45, 2.75) is 0 Å². The van der Waals surface area contributed by atoms with Gasteiger partial charge in [-0.1, -0.05) is 0 Å². The third-order valence-electron chi connectivity index (χ3n) is 4.41. The first kappa shape index (κ1) is 19.9. The fourth-order valence-corrected chi connectivity index (χ4v) is 3.28. The molecule has 3 rings (SSSR count). The number of rotatable bonds is 3. The van der Waals surface area contributed by atoms with Gasteiger partial charge in [-0.25, -0.2) is 8.78 Å². The maximum Gasteiger partial charge on any atom is 0.284 e. The molecule has 28 heavy (non-hydrogen) atoms. The van der Waals surface area contributed by atoms with Gasteiger partial charge in [-0.2, -0.15) is 0 Å². The van der Waals surface area contributed by atoms with Crippen molar-refractivity contribution in [2.75, 3.05) is 26.2 Å². The van der Waals surface area contributed by atoms with E-state index in [0.29, 0.717) is 0 Å². The Labute approximate surface area is 166 Å². The van der Waals surface area contributed by atoms with E-state index in [-0.39, 0.29) is 53.4 Å². The normalized spacial score (nSPS) is 14.1. The number of nitro groups is 1. The highest BCUT2D eigenvalue weighted by Gasteiger charge is 2.27. The Kier molecular flexibility index (Phi) is 5.68. The predicted molar refractivity (Wildman–Crippen MR) is 99.0 cm³/mol. The lowest BCUT2D eigenvalue weighted by Gasteiger charge is -2.34. The number of piperazine rings is 1. The molecule has 1 fully saturated rings. The molecule has 0 bridgehead atoms. The molecule has 2 aromatic rings. The van der Waals surface area contributed by atoms with E-state index in [1.807, 2.05) is 0 Å². The smallest absolute Gasteiger partial charge is 0.284 e. The lowest BCUT2D eigenvalue weighted by atomic mass is 10.1. The standard InChI is InChI=1S/C18H14BrF2N3O4/c19-13-3-1-12(10-16(13)24(27)28)18(26)23-7-5-22(6-8-23)17(25)11-2-4-14(20)15(21)9-11/h1-4,9-10H,5-8H2. The van der Waals surface area contributed by atoms with Gasteiger partial charge in [0.25, 0.3) is 17.5 Å². The number of benzene rings is 2. The number of halogens is 3. The molecule has 2 aromatic carbocycles. The van der Waals surface area contributed by atoms with Crippen molar-refractivity contribution in [3.05, 3.63) is 73.7 Å². The highest BCUT2D eigenvalue weighted by molar-refractivity contribution is 9.10. The molecule has 0 spiro atoms. The lowest BCUT2D eigenvalue weighted by Crippen LogP contribution is -2.50. The molecule has 1 saturated heterocycles. The second kappa shape index (κ2) is 8.01. The molecule has 0 saturated carbocycles. The Morgan fingerprint density at radius 1 is 0.893 bits per heavy atom. The van der Waals surface area contributed by atoms with E-state index in [9.17, 15) is 28.5 Å². The number of hydrogen-bond acceptors (Lipinski definition) is 4. The van der Waals surface area contributed by atoms with E-state index >= 15 is 0 Å². The molecule has 0 aromatic heterocycles. The highest BCUT2D eigenvalue weighted by atomic mass is 79.9. The Hall–Kier alpha value is -2.88. The van der Waals surface area contributed by atoms with Crippen LogP contribution in [0, 0.1) is 21.7 Å². The molecule has 146 valence electrons. The molecule has 1 heterocycles. The molecule has 1 aliphatic heterocycles. The molecule has 0 N–H and O–H groups in total.